The minimum atomic E-state index is 0.435. The minimum absolute atomic E-state index is 0.435. The molecule has 1 fully saturated rings. The Balaban J connectivity index is 0.000000704. The first kappa shape index (κ1) is 15.1. The molecule has 1 saturated heterocycles. The topological polar surface area (TPSA) is 16.9 Å². The SMILES string of the molecule is CC.Cc1ccc2cccn2c1C(C)N1CCOCC1. The number of fused-ring (bicyclic) bond motifs is 1. The molecule has 1 atom stereocenters. The van der Waals surface area contributed by atoms with Crippen molar-refractivity contribution < 1.29 is 4.74 Å². The molecule has 20 heavy (non-hydrogen) atoms. The third kappa shape index (κ3) is 2.89. The quantitative estimate of drug-likeness (QED) is 0.831. The summed E-state index contributed by atoms with van der Waals surface area (Å²) in [6, 6.07) is 9.12. The van der Waals surface area contributed by atoms with Gasteiger partial charge in [0.2, 0.25) is 0 Å². The molecule has 3 nitrogen and oxygen atoms in total. The number of hydrogen-bond donors (Lipinski definition) is 0. The van der Waals surface area contributed by atoms with Crippen molar-refractivity contribution in [3.63, 3.8) is 0 Å². The van der Waals surface area contributed by atoms with Crippen LogP contribution in [0.2, 0.25) is 0 Å². The van der Waals surface area contributed by atoms with E-state index in [4.69, 9.17) is 4.74 Å². The Labute approximate surface area is 122 Å². The lowest BCUT2D eigenvalue weighted by Gasteiger charge is -2.33. The van der Waals surface area contributed by atoms with Crippen molar-refractivity contribution in [3.05, 3.63) is 41.7 Å². The number of rotatable bonds is 2. The fourth-order valence-corrected chi connectivity index (χ4v) is 2.90. The summed E-state index contributed by atoms with van der Waals surface area (Å²) in [6.45, 7) is 12.3. The Morgan fingerprint density at radius 1 is 1.10 bits per heavy atom. The highest BCUT2D eigenvalue weighted by atomic mass is 16.5. The Morgan fingerprint density at radius 3 is 2.50 bits per heavy atom. The van der Waals surface area contributed by atoms with E-state index in [1.807, 2.05) is 13.8 Å². The fraction of sp³-hybridized carbons (Fsp3) is 0.529. The number of morpholine rings is 1. The van der Waals surface area contributed by atoms with Gasteiger partial charge in [0.25, 0.3) is 0 Å². The Bertz CT molecular complexity index is 541. The van der Waals surface area contributed by atoms with E-state index in [1.165, 1.54) is 16.8 Å². The molecule has 0 bridgehead atoms. The van der Waals surface area contributed by atoms with Gasteiger partial charge in [0.15, 0.2) is 0 Å². The molecule has 0 amide bonds. The number of nitrogens with zero attached hydrogens (tertiary/aromatic N) is 2. The van der Waals surface area contributed by atoms with E-state index in [2.05, 4.69) is 53.6 Å². The summed E-state index contributed by atoms with van der Waals surface area (Å²) in [5.41, 5.74) is 4.04. The number of aromatic nitrogens is 1. The van der Waals surface area contributed by atoms with Crippen LogP contribution in [0.15, 0.2) is 30.5 Å². The Morgan fingerprint density at radius 2 is 1.80 bits per heavy atom. The molecule has 0 spiro atoms. The molecule has 0 aliphatic carbocycles. The lowest BCUT2D eigenvalue weighted by Crippen LogP contribution is -2.38. The van der Waals surface area contributed by atoms with Gasteiger partial charge < -0.3 is 9.14 Å². The van der Waals surface area contributed by atoms with E-state index >= 15 is 0 Å². The van der Waals surface area contributed by atoms with Gasteiger partial charge in [-0.3, -0.25) is 4.90 Å². The summed E-state index contributed by atoms with van der Waals surface area (Å²) in [5.74, 6) is 0. The van der Waals surface area contributed by atoms with Crippen LogP contribution in [-0.2, 0) is 4.74 Å². The van der Waals surface area contributed by atoms with Crippen molar-refractivity contribution in [2.24, 2.45) is 0 Å². The Kier molecular flexibility index (Phi) is 5.21. The van der Waals surface area contributed by atoms with Gasteiger partial charge in [-0.1, -0.05) is 19.9 Å². The summed E-state index contributed by atoms with van der Waals surface area (Å²) in [7, 11) is 0. The van der Waals surface area contributed by atoms with Crippen molar-refractivity contribution in [2.45, 2.75) is 33.7 Å². The number of pyridine rings is 1. The van der Waals surface area contributed by atoms with Gasteiger partial charge in [-0.05, 0) is 37.6 Å². The van der Waals surface area contributed by atoms with Crippen LogP contribution in [0, 0.1) is 6.92 Å². The lowest BCUT2D eigenvalue weighted by molar-refractivity contribution is 0.0187. The summed E-state index contributed by atoms with van der Waals surface area (Å²) >= 11 is 0. The van der Waals surface area contributed by atoms with Gasteiger partial charge in [0, 0.05) is 36.5 Å². The molecular weight excluding hydrogens is 248 g/mol. The predicted octanol–water partition coefficient (Wildman–Crippen LogP) is 3.67. The van der Waals surface area contributed by atoms with Gasteiger partial charge in [0.1, 0.15) is 0 Å². The zero-order chi connectivity index (χ0) is 14.5. The largest absolute Gasteiger partial charge is 0.379 e. The second-order valence-corrected chi connectivity index (χ2v) is 5.03. The maximum atomic E-state index is 5.44. The normalized spacial score (nSPS) is 17.6. The zero-order valence-corrected chi connectivity index (χ0v) is 13.1. The van der Waals surface area contributed by atoms with E-state index < -0.39 is 0 Å². The molecule has 2 aromatic rings. The Hall–Kier alpha value is -1.32. The standard InChI is InChI=1S/C15H20N2O.C2H6/c1-12-5-6-14-4-3-7-17(14)15(12)13(2)16-8-10-18-11-9-16;1-2/h3-7,13H,8-11H2,1-2H3;1-2H3. The molecule has 0 radical (unpaired) electrons. The second-order valence-electron chi connectivity index (χ2n) is 5.03. The highest BCUT2D eigenvalue weighted by Gasteiger charge is 2.21. The van der Waals surface area contributed by atoms with Crippen molar-refractivity contribution in [3.8, 4) is 0 Å². The van der Waals surface area contributed by atoms with Crippen molar-refractivity contribution in [1.29, 1.82) is 0 Å². The molecule has 1 aliphatic heterocycles. The van der Waals surface area contributed by atoms with E-state index in [0.29, 0.717) is 6.04 Å². The van der Waals surface area contributed by atoms with E-state index in [9.17, 15) is 0 Å². The molecule has 0 saturated carbocycles. The zero-order valence-electron chi connectivity index (χ0n) is 13.1. The van der Waals surface area contributed by atoms with Gasteiger partial charge in [-0.25, -0.2) is 0 Å². The molecule has 2 aromatic heterocycles. The van der Waals surface area contributed by atoms with Crippen molar-refractivity contribution in [2.75, 3.05) is 26.3 Å². The van der Waals surface area contributed by atoms with E-state index in [1.54, 1.807) is 0 Å². The van der Waals surface area contributed by atoms with Crippen LogP contribution in [-0.4, -0.2) is 35.6 Å². The van der Waals surface area contributed by atoms with Crippen LogP contribution in [0.25, 0.3) is 5.52 Å². The molecule has 1 aliphatic rings. The molecule has 110 valence electrons. The van der Waals surface area contributed by atoms with Gasteiger partial charge in [0.05, 0.1) is 13.2 Å². The molecular formula is C17H26N2O. The smallest absolute Gasteiger partial charge is 0.0594 e. The highest BCUT2D eigenvalue weighted by Crippen LogP contribution is 2.25. The second kappa shape index (κ2) is 6.91. The predicted molar refractivity (Wildman–Crippen MR) is 84.3 cm³/mol. The minimum Gasteiger partial charge on any atom is -0.379 e. The molecule has 3 rings (SSSR count). The maximum Gasteiger partial charge on any atom is 0.0594 e. The molecule has 0 aromatic carbocycles. The van der Waals surface area contributed by atoms with Crippen LogP contribution in [0.3, 0.4) is 0 Å². The third-order valence-electron chi connectivity index (χ3n) is 3.94. The van der Waals surface area contributed by atoms with Crippen LogP contribution in [0.1, 0.15) is 38.1 Å². The first-order chi connectivity index (χ1) is 9.77. The summed E-state index contributed by atoms with van der Waals surface area (Å²) in [6.07, 6.45) is 2.16. The number of hydrogen-bond acceptors (Lipinski definition) is 2. The van der Waals surface area contributed by atoms with Crippen LogP contribution < -0.4 is 0 Å². The van der Waals surface area contributed by atoms with Crippen LogP contribution in [0.5, 0.6) is 0 Å². The van der Waals surface area contributed by atoms with Gasteiger partial charge in [-0.2, -0.15) is 0 Å². The van der Waals surface area contributed by atoms with Crippen LogP contribution in [0.4, 0.5) is 0 Å². The summed E-state index contributed by atoms with van der Waals surface area (Å²) < 4.78 is 7.75. The average Bonchev–Trinajstić information content (AvgIpc) is 2.98. The van der Waals surface area contributed by atoms with Crippen molar-refractivity contribution in [1.82, 2.24) is 9.30 Å². The molecule has 0 N–H and O–H groups in total. The lowest BCUT2D eigenvalue weighted by atomic mass is 10.1. The van der Waals surface area contributed by atoms with Crippen molar-refractivity contribution >= 4 is 5.52 Å². The van der Waals surface area contributed by atoms with Gasteiger partial charge >= 0.3 is 0 Å². The van der Waals surface area contributed by atoms with E-state index in [-0.39, 0.29) is 0 Å². The first-order valence-corrected chi connectivity index (χ1v) is 7.66. The highest BCUT2D eigenvalue weighted by molar-refractivity contribution is 5.51. The first-order valence-electron chi connectivity index (χ1n) is 7.66. The third-order valence-corrected chi connectivity index (χ3v) is 3.94. The molecule has 3 heteroatoms. The summed E-state index contributed by atoms with van der Waals surface area (Å²) in [4.78, 5) is 2.51. The maximum absolute atomic E-state index is 5.44. The van der Waals surface area contributed by atoms with Gasteiger partial charge in [-0.15, -0.1) is 0 Å². The summed E-state index contributed by atoms with van der Waals surface area (Å²) in [5, 5.41) is 0. The number of ether oxygens (including phenoxy) is 1. The molecule has 3 heterocycles. The monoisotopic (exact) mass is 274 g/mol. The molecule has 1 unspecified atom stereocenters. The average molecular weight is 274 g/mol. The van der Waals surface area contributed by atoms with Crippen LogP contribution >= 0.6 is 0 Å². The fourth-order valence-electron chi connectivity index (χ4n) is 2.90. The van der Waals surface area contributed by atoms with E-state index in [0.717, 1.165) is 26.3 Å². The number of aryl methyl sites for hydroxylation is 1.